The molecule has 0 radical (unpaired) electrons. The molecule has 0 amide bonds. The van der Waals surface area contributed by atoms with Gasteiger partial charge in [-0.15, -0.1) is 0 Å². The van der Waals surface area contributed by atoms with Crippen molar-refractivity contribution in [3.05, 3.63) is 0 Å². The van der Waals surface area contributed by atoms with Crippen molar-refractivity contribution < 1.29 is 13.3 Å². The fraction of sp³-hybridized carbons (Fsp3) is 1.00. The molecule has 4 heteroatoms. The molecule has 2 fully saturated rings. The first-order valence-electron chi connectivity index (χ1n) is 4.33. The van der Waals surface area contributed by atoms with Crippen molar-refractivity contribution in [3.63, 3.8) is 0 Å². The highest BCUT2D eigenvalue weighted by atomic mass is 28.4. The van der Waals surface area contributed by atoms with E-state index in [0.29, 0.717) is 0 Å². The lowest BCUT2D eigenvalue weighted by molar-refractivity contribution is 0.0116. The number of hydrogen-bond acceptors (Lipinski definition) is 3. The molecule has 3 nitrogen and oxygen atoms in total. The highest BCUT2D eigenvalue weighted by Crippen LogP contribution is 2.26. The average Bonchev–Trinajstić information content (AvgIpc) is 2.07. The van der Waals surface area contributed by atoms with E-state index in [9.17, 15) is 0 Å². The molecule has 2 heterocycles. The van der Waals surface area contributed by atoms with Crippen LogP contribution in [0.25, 0.3) is 0 Å². The molecule has 0 N–H and O–H groups in total. The molecule has 0 unspecified atom stereocenters. The maximum absolute atomic E-state index is 5.60. The maximum Gasteiger partial charge on any atom is 0.500 e. The molecule has 0 aromatic heterocycles. The first-order chi connectivity index (χ1) is 5.41. The van der Waals surface area contributed by atoms with E-state index in [1.807, 2.05) is 0 Å². The molecular weight excluding hydrogens is 160 g/mol. The zero-order valence-corrected chi connectivity index (χ0v) is 7.67. The molecule has 0 saturated carbocycles. The summed E-state index contributed by atoms with van der Waals surface area (Å²) < 4.78 is 16.8. The quantitative estimate of drug-likeness (QED) is 0.516. The second kappa shape index (κ2) is 3.22. The Balaban J connectivity index is 1.94. The van der Waals surface area contributed by atoms with E-state index in [1.165, 1.54) is 12.8 Å². The first-order valence-corrected chi connectivity index (χ1v) is 6.26. The molecule has 64 valence electrons. The van der Waals surface area contributed by atoms with E-state index in [4.69, 9.17) is 13.3 Å². The molecule has 1 spiro atoms. The minimum atomic E-state index is -2.07. The van der Waals surface area contributed by atoms with Gasteiger partial charge in [0, 0.05) is 25.9 Å². The summed E-state index contributed by atoms with van der Waals surface area (Å²) in [5.74, 6) is 0. The zero-order valence-electron chi connectivity index (χ0n) is 6.67. The van der Waals surface area contributed by atoms with E-state index in [2.05, 4.69) is 0 Å². The average molecular weight is 174 g/mol. The Kier molecular flexibility index (Phi) is 2.27. The SMILES string of the molecule is C1CC[Si]2(OC1)OCCCO2. The van der Waals surface area contributed by atoms with Crippen LogP contribution in [0.4, 0.5) is 0 Å². The third kappa shape index (κ3) is 1.64. The van der Waals surface area contributed by atoms with E-state index in [0.717, 1.165) is 32.3 Å². The van der Waals surface area contributed by atoms with Gasteiger partial charge < -0.3 is 13.3 Å². The summed E-state index contributed by atoms with van der Waals surface area (Å²) >= 11 is 0. The molecule has 2 saturated heterocycles. The van der Waals surface area contributed by atoms with Gasteiger partial charge in [0.2, 0.25) is 0 Å². The van der Waals surface area contributed by atoms with E-state index in [1.54, 1.807) is 0 Å². The van der Waals surface area contributed by atoms with Crippen molar-refractivity contribution in [2.45, 2.75) is 25.3 Å². The molecule has 0 aromatic rings. The normalized spacial score (nSPS) is 30.5. The van der Waals surface area contributed by atoms with Gasteiger partial charge in [0.1, 0.15) is 0 Å². The summed E-state index contributed by atoms with van der Waals surface area (Å²) in [6.45, 7) is 2.52. The third-order valence-electron chi connectivity index (χ3n) is 2.13. The summed E-state index contributed by atoms with van der Waals surface area (Å²) in [5.41, 5.74) is 0. The molecule has 2 aliphatic heterocycles. The summed E-state index contributed by atoms with van der Waals surface area (Å²) in [6.07, 6.45) is 3.41. The van der Waals surface area contributed by atoms with Gasteiger partial charge in [-0.1, -0.05) is 0 Å². The van der Waals surface area contributed by atoms with Gasteiger partial charge in [0.15, 0.2) is 0 Å². The molecule has 0 aromatic carbocycles. The number of hydrogen-bond donors (Lipinski definition) is 0. The molecule has 0 atom stereocenters. The van der Waals surface area contributed by atoms with Gasteiger partial charge in [-0.2, -0.15) is 0 Å². The molecular formula is C7H14O3Si. The first kappa shape index (κ1) is 7.73. The van der Waals surface area contributed by atoms with Crippen LogP contribution in [0.2, 0.25) is 6.04 Å². The summed E-state index contributed by atoms with van der Waals surface area (Å²) in [6, 6.07) is 1.03. The Morgan fingerprint density at radius 3 is 2.00 bits per heavy atom. The molecule has 2 aliphatic rings. The highest BCUT2D eigenvalue weighted by Gasteiger charge is 2.44. The van der Waals surface area contributed by atoms with Crippen LogP contribution >= 0.6 is 0 Å². The smallest absolute Gasteiger partial charge is 0.373 e. The Bertz CT molecular complexity index is 108. The Morgan fingerprint density at radius 1 is 0.727 bits per heavy atom. The summed E-state index contributed by atoms with van der Waals surface area (Å²) in [7, 11) is -2.07. The van der Waals surface area contributed by atoms with E-state index in [-0.39, 0.29) is 0 Å². The molecule has 0 aliphatic carbocycles. The van der Waals surface area contributed by atoms with Crippen LogP contribution in [0.15, 0.2) is 0 Å². The third-order valence-corrected chi connectivity index (χ3v) is 5.03. The Morgan fingerprint density at radius 2 is 1.36 bits per heavy atom. The second-order valence-corrected chi connectivity index (χ2v) is 5.77. The highest BCUT2D eigenvalue weighted by molar-refractivity contribution is 6.61. The van der Waals surface area contributed by atoms with Crippen molar-refractivity contribution in [2.24, 2.45) is 0 Å². The van der Waals surface area contributed by atoms with Crippen LogP contribution in [0.1, 0.15) is 19.3 Å². The largest absolute Gasteiger partial charge is 0.500 e. The summed E-state index contributed by atoms with van der Waals surface area (Å²) in [4.78, 5) is 0. The van der Waals surface area contributed by atoms with E-state index >= 15 is 0 Å². The lowest BCUT2D eigenvalue weighted by atomic mass is 10.4. The minimum absolute atomic E-state index is 0.840. The van der Waals surface area contributed by atoms with Crippen LogP contribution < -0.4 is 0 Å². The van der Waals surface area contributed by atoms with E-state index < -0.39 is 8.80 Å². The molecule has 2 rings (SSSR count). The van der Waals surface area contributed by atoms with Gasteiger partial charge in [-0.25, -0.2) is 0 Å². The van der Waals surface area contributed by atoms with Gasteiger partial charge >= 0.3 is 8.80 Å². The van der Waals surface area contributed by atoms with Gasteiger partial charge in [-0.05, 0) is 19.3 Å². The monoisotopic (exact) mass is 174 g/mol. The second-order valence-electron chi connectivity index (χ2n) is 3.04. The number of rotatable bonds is 0. The van der Waals surface area contributed by atoms with Gasteiger partial charge in [0.05, 0.1) is 0 Å². The molecule has 0 bridgehead atoms. The van der Waals surface area contributed by atoms with Crippen molar-refractivity contribution in [2.75, 3.05) is 19.8 Å². The predicted octanol–water partition coefficient (Wildman–Crippen LogP) is 1.17. The minimum Gasteiger partial charge on any atom is -0.373 e. The van der Waals surface area contributed by atoms with Gasteiger partial charge in [0.25, 0.3) is 0 Å². The topological polar surface area (TPSA) is 27.7 Å². The van der Waals surface area contributed by atoms with Crippen LogP contribution in [0, 0.1) is 0 Å². The fourth-order valence-corrected chi connectivity index (χ4v) is 4.26. The Hall–Kier alpha value is 0.0969. The van der Waals surface area contributed by atoms with Gasteiger partial charge in [-0.3, -0.25) is 0 Å². The van der Waals surface area contributed by atoms with Crippen LogP contribution in [-0.4, -0.2) is 28.6 Å². The predicted molar refractivity (Wildman–Crippen MR) is 42.3 cm³/mol. The van der Waals surface area contributed by atoms with Crippen molar-refractivity contribution in [1.29, 1.82) is 0 Å². The van der Waals surface area contributed by atoms with Crippen molar-refractivity contribution in [3.8, 4) is 0 Å². The molecule has 11 heavy (non-hydrogen) atoms. The lowest BCUT2D eigenvalue weighted by Crippen LogP contribution is -2.51. The standard InChI is InChI=1S/C7H14O3Si/c1-2-7-11(8-4-1)9-5-3-6-10-11/h1-7H2. The van der Waals surface area contributed by atoms with Crippen LogP contribution in [0.5, 0.6) is 0 Å². The Labute approximate surface area is 68.0 Å². The van der Waals surface area contributed by atoms with Crippen molar-refractivity contribution >= 4 is 8.80 Å². The fourth-order valence-electron chi connectivity index (χ4n) is 1.53. The lowest BCUT2D eigenvalue weighted by Gasteiger charge is -2.35. The van der Waals surface area contributed by atoms with Crippen LogP contribution in [-0.2, 0) is 13.3 Å². The summed E-state index contributed by atoms with van der Waals surface area (Å²) in [5, 5.41) is 0. The zero-order chi connectivity index (χ0) is 7.57. The van der Waals surface area contributed by atoms with Crippen molar-refractivity contribution in [1.82, 2.24) is 0 Å². The maximum atomic E-state index is 5.60. The van der Waals surface area contributed by atoms with Crippen LogP contribution in [0.3, 0.4) is 0 Å².